The summed E-state index contributed by atoms with van der Waals surface area (Å²) in [4.78, 5) is 12.1. The molecule has 5 nitrogen and oxygen atoms in total. The molecule has 104 valence electrons. The fourth-order valence-corrected chi connectivity index (χ4v) is 1.84. The summed E-state index contributed by atoms with van der Waals surface area (Å²) in [5, 5.41) is 14.8. The maximum Gasteiger partial charge on any atom is 0.291 e. The van der Waals surface area contributed by atoms with Gasteiger partial charge in [0.05, 0.1) is 11.4 Å². The topological polar surface area (TPSA) is 74.8 Å². The Kier molecular flexibility index (Phi) is 4.20. The molecule has 0 aliphatic carbocycles. The molecule has 0 atom stereocenters. The number of aryl methyl sites for hydroxylation is 1. The van der Waals surface area contributed by atoms with Crippen molar-refractivity contribution in [2.24, 2.45) is 5.16 Å². The van der Waals surface area contributed by atoms with Crippen LogP contribution in [0.3, 0.4) is 0 Å². The fourth-order valence-electron chi connectivity index (χ4n) is 1.84. The maximum absolute atomic E-state index is 12.1. The molecule has 2 N–H and O–H groups in total. The quantitative estimate of drug-likeness (QED) is 0.509. The number of carbonyl (C=O) groups excluding carboxylic acids is 1. The summed E-state index contributed by atoms with van der Waals surface area (Å²) in [5.41, 5.74) is 1.66. The number of amides is 1. The van der Waals surface area contributed by atoms with Crippen LogP contribution in [0.1, 0.15) is 35.7 Å². The van der Waals surface area contributed by atoms with Crippen LogP contribution in [0.4, 0.5) is 5.69 Å². The van der Waals surface area contributed by atoms with E-state index < -0.39 is 0 Å². The van der Waals surface area contributed by atoms with Crippen molar-refractivity contribution >= 4 is 17.3 Å². The van der Waals surface area contributed by atoms with Crippen LogP contribution in [0, 0.1) is 0 Å². The lowest BCUT2D eigenvalue weighted by atomic mass is 10.1. The average Bonchev–Trinajstić information content (AvgIpc) is 2.96. The number of rotatable bonds is 4. The zero-order valence-electron chi connectivity index (χ0n) is 11.4. The van der Waals surface area contributed by atoms with Crippen molar-refractivity contribution < 1.29 is 14.4 Å². The Labute approximate surface area is 116 Å². The third kappa shape index (κ3) is 2.88. The van der Waals surface area contributed by atoms with Crippen molar-refractivity contribution in [3.05, 3.63) is 53.5 Å². The van der Waals surface area contributed by atoms with Crippen LogP contribution in [0.2, 0.25) is 0 Å². The molecule has 0 spiro atoms. The third-order valence-electron chi connectivity index (χ3n) is 2.95. The third-order valence-corrected chi connectivity index (χ3v) is 2.95. The molecule has 1 aromatic carbocycles. The van der Waals surface area contributed by atoms with Gasteiger partial charge in [0, 0.05) is 12.0 Å². The minimum atomic E-state index is -0.331. The van der Waals surface area contributed by atoms with E-state index in [0.717, 1.165) is 12.2 Å². The first kappa shape index (κ1) is 13.9. The predicted octanol–water partition coefficient (Wildman–Crippen LogP) is 3.29. The van der Waals surface area contributed by atoms with E-state index in [1.165, 1.54) is 0 Å². The molecule has 2 aromatic rings. The molecule has 0 saturated heterocycles. The van der Waals surface area contributed by atoms with E-state index in [9.17, 15) is 4.79 Å². The molecule has 0 aliphatic rings. The lowest BCUT2D eigenvalue weighted by Crippen LogP contribution is -2.13. The van der Waals surface area contributed by atoms with Crippen LogP contribution >= 0.6 is 0 Å². The van der Waals surface area contributed by atoms with Crippen LogP contribution in [0.25, 0.3) is 0 Å². The first-order valence-electron chi connectivity index (χ1n) is 6.33. The van der Waals surface area contributed by atoms with Crippen molar-refractivity contribution in [2.45, 2.75) is 20.3 Å². The van der Waals surface area contributed by atoms with Crippen LogP contribution in [-0.4, -0.2) is 16.8 Å². The van der Waals surface area contributed by atoms with Crippen molar-refractivity contribution in [1.82, 2.24) is 0 Å². The number of anilines is 1. The second-order valence-corrected chi connectivity index (χ2v) is 4.30. The second kappa shape index (κ2) is 6.06. The second-order valence-electron chi connectivity index (χ2n) is 4.30. The molecule has 0 fully saturated rings. The Morgan fingerprint density at radius 2 is 2.05 bits per heavy atom. The standard InChI is InChI=1S/C15H16N2O3/c1-3-11-8-9-14(20-11)15(18)16-13-7-5-4-6-12(13)10(2)17-19/h4-9,19H,3H2,1-2H3,(H,16,18). The first-order valence-corrected chi connectivity index (χ1v) is 6.33. The van der Waals surface area contributed by atoms with Crippen molar-refractivity contribution in [3.8, 4) is 0 Å². The van der Waals surface area contributed by atoms with Gasteiger partial charge in [-0.05, 0) is 25.1 Å². The molecular weight excluding hydrogens is 256 g/mol. The minimum Gasteiger partial charge on any atom is -0.456 e. The molecule has 0 saturated carbocycles. The number of hydrogen-bond acceptors (Lipinski definition) is 4. The summed E-state index contributed by atoms with van der Waals surface area (Å²) in [6.07, 6.45) is 0.736. The summed E-state index contributed by atoms with van der Waals surface area (Å²) < 4.78 is 5.40. The van der Waals surface area contributed by atoms with E-state index in [1.807, 2.05) is 13.0 Å². The zero-order valence-corrected chi connectivity index (χ0v) is 11.4. The molecule has 0 bridgehead atoms. The fraction of sp³-hybridized carbons (Fsp3) is 0.200. The number of nitrogens with zero attached hydrogens (tertiary/aromatic N) is 1. The first-order chi connectivity index (χ1) is 9.65. The van der Waals surface area contributed by atoms with Gasteiger partial charge in [-0.1, -0.05) is 30.3 Å². The highest BCUT2D eigenvalue weighted by atomic mass is 16.4. The molecule has 1 heterocycles. The van der Waals surface area contributed by atoms with Crippen molar-refractivity contribution in [2.75, 3.05) is 5.32 Å². The van der Waals surface area contributed by atoms with Crippen LogP contribution in [0.15, 0.2) is 46.0 Å². The molecule has 0 radical (unpaired) electrons. The van der Waals surface area contributed by atoms with Gasteiger partial charge in [-0.3, -0.25) is 4.79 Å². The van der Waals surface area contributed by atoms with Crippen molar-refractivity contribution in [1.29, 1.82) is 0 Å². The van der Waals surface area contributed by atoms with Gasteiger partial charge in [0.1, 0.15) is 5.76 Å². The number of nitrogens with one attached hydrogen (secondary N) is 1. The Hall–Kier alpha value is -2.56. The molecule has 1 aromatic heterocycles. The van der Waals surface area contributed by atoms with E-state index in [2.05, 4.69) is 10.5 Å². The normalized spacial score (nSPS) is 11.4. The van der Waals surface area contributed by atoms with Gasteiger partial charge in [0.25, 0.3) is 5.91 Å². The Bertz CT molecular complexity index is 644. The van der Waals surface area contributed by atoms with E-state index in [0.29, 0.717) is 17.0 Å². The Balaban J connectivity index is 2.24. The van der Waals surface area contributed by atoms with E-state index in [4.69, 9.17) is 9.62 Å². The van der Waals surface area contributed by atoms with Crippen LogP contribution in [-0.2, 0) is 6.42 Å². The van der Waals surface area contributed by atoms with Gasteiger partial charge >= 0.3 is 0 Å². The summed E-state index contributed by atoms with van der Waals surface area (Å²) in [6.45, 7) is 3.62. The largest absolute Gasteiger partial charge is 0.456 e. The molecule has 0 aliphatic heterocycles. The average molecular weight is 272 g/mol. The van der Waals surface area contributed by atoms with Gasteiger partial charge in [-0.15, -0.1) is 0 Å². The Morgan fingerprint density at radius 1 is 1.30 bits per heavy atom. The molecular formula is C15H16N2O3. The minimum absolute atomic E-state index is 0.259. The molecule has 2 rings (SSSR count). The van der Waals surface area contributed by atoms with Gasteiger partial charge < -0.3 is 14.9 Å². The number of carbonyl (C=O) groups is 1. The SMILES string of the molecule is CCc1ccc(C(=O)Nc2ccccc2C(C)=NO)o1. The monoisotopic (exact) mass is 272 g/mol. The smallest absolute Gasteiger partial charge is 0.291 e. The van der Waals surface area contributed by atoms with Crippen LogP contribution < -0.4 is 5.32 Å². The van der Waals surface area contributed by atoms with E-state index in [1.54, 1.807) is 37.3 Å². The Morgan fingerprint density at radius 3 is 2.70 bits per heavy atom. The van der Waals surface area contributed by atoms with Gasteiger partial charge in [0.2, 0.25) is 0 Å². The van der Waals surface area contributed by atoms with Gasteiger partial charge in [-0.2, -0.15) is 0 Å². The molecule has 20 heavy (non-hydrogen) atoms. The molecule has 0 unspecified atom stereocenters. The summed E-state index contributed by atoms with van der Waals surface area (Å²) in [5.74, 6) is 0.690. The lowest BCUT2D eigenvalue weighted by Gasteiger charge is -2.08. The maximum atomic E-state index is 12.1. The van der Waals surface area contributed by atoms with Crippen LogP contribution in [0.5, 0.6) is 0 Å². The highest BCUT2D eigenvalue weighted by Crippen LogP contribution is 2.18. The molecule has 5 heteroatoms. The van der Waals surface area contributed by atoms with Gasteiger partial charge in [-0.25, -0.2) is 0 Å². The van der Waals surface area contributed by atoms with Gasteiger partial charge in [0.15, 0.2) is 5.76 Å². The summed E-state index contributed by atoms with van der Waals surface area (Å²) >= 11 is 0. The highest BCUT2D eigenvalue weighted by molar-refractivity contribution is 6.09. The number of benzene rings is 1. The number of oxime groups is 1. The van der Waals surface area contributed by atoms with E-state index >= 15 is 0 Å². The summed E-state index contributed by atoms with van der Waals surface area (Å²) in [6, 6.07) is 10.5. The van der Waals surface area contributed by atoms with Crippen molar-refractivity contribution in [3.63, 3.8) is 0 Å². The highest BCUT2D eigenvalue weighted by Gasteiger charge is 2.13. The predicted molar refractivity (Wildman–Crippen MR) is 76.5 cm³/mol. The zero-order chi connectivity index (χ0) is 14.5. The molecule has 1 amide bonds. The lowest BCUT2D eigenvalue weighted by molar-refractivity contribution is 0.0995. The van der Waals surface area contributed by atoms with E-state index in [-0.39, 0.29) is 11.7 Å². The number of hydrogen-bond donors (Lipinski definition) is 2. The number of para-hydroxylation sites is 1. The summed E-state index contributed by atoms with van der Waals surface area (Å²) in [7, 11) is 0. The number of furan rings is 1.